The molecule has 0 N–H and O–H groups in total. The number of para-hydroxylation sites is 1. The summed E-state index contributed by atoms with van der Waals surface area (Å²) in [6.45, 7) is 0.0793. The van der Waals surface area contributed by atoms with E-state index in [1.807, 2.05) is 41.9 Å². The van der Waals surface area contributed by atoms with Crippen molar-refractivity contribution < 1.29 is 13.1 Å². The van der Waals surface area contributed by atoms with Gasteiger partial charge in [-0.1, -0.05) is 18.2 Å². The normalized spacial score (nSPS) is 16.4. The Morgan fingerprint density at radius 3 is 2.91 bits per heavy atom. The summed E-state index contributed by atoms with van der Waals surface area (Å²) in [6.07, 6.45) is 3.75. The highest BCUT2D eigenvalue weighted by molar-refractivity contribution is 6.76. The fourth-order valence-corrected chi connectivity index (χ4v) is 3.04. The van der Waals surface area contributed by atoms with Gasteiger partial charge in [-0.25, -0.2) is 4.57 Å². The molecule has 0 aliphatic carbocycles. The molecule has 1 aromatic carbocycles. The molecular formula is C18H18BN2O+. The van der Waals surface area contributed by atoms with Crippen LogP contribution in [0, 0.1) is 6.85 Å². The summed E-state index contributed by atoms with van der Waals surface area (Å²) in [4.78, 5) is 2.13. The minimum Gasteiger partial charge on any atom is -0.457 e. The number of anilines is 1. The molecule has 22 heavy (non-hydrogen) atoms. The minimum absolute atomic E-state index is 0.0953. The van der Waals surface area contributed by atoms with Crippen molar-refractivity contribution in [1.82, 2.24) is 0 Å². The van der Waals surface area contributed by atoms with Crippen molar-refractivity contribution in [3.8, 4) is 0 Å². The molecule has 0 radical (unpaired) electrons. The van der Waals surface area contributed by atoms with Gasteiger partial charge in [0.2, 0.25) is 0 Å². The summed E-state index contributed by atoms with van der Waals surface area (Å²) in [7, 11) is 1.87. The van der Waals surface area contributed by atoms with Gasteiger partial charge in [0.25, 0.3) is 5.82 Å². The van der Waals surface area contributed by atoms with Crippen LogP contribution in [-0.4, -0.2) is 6.85 Å². The summed E-state index contributed by atoms with van der Waals surface area (Å²) in [6, 6.07) is 11.5. The second-order valence-electron chi connectivity index (χ2n) is 5.71. The van der Waals surface area contributed by atoms with Gasteiger partial charge in [0.05, 0.1) is 24.7 Å². The number of hydrogen-bond donors (Lipinski definition) is 0. The Morgan fingerprint density at radius 1 is 1.23 bits per heavy atom. The van der Waals surface area contributed by atoms with Crippen LogP contribution < -0.4 is 20.0 Å². The molecular weight excluding hydrogens is 271 g/mol. The number of aryl methyl sites for hydroxylation is 2. The summed E-state index contributed by atoms with van der Waals surface area (Å²) >= 11 is 0. The third kappa shape index (κ3) is 1.95. The number of nitrogens with zero attached hydrogens (tertiary/aromatic N) is 2. The maximum atomic E-state index is 7.57. The zero-order valence-electron chi connectivity index (χ0n) is 15.6. The molecule has 0 unspecified atom stereocenters. The number of aromatic nitrogens is 1. The summed E-state index contributed by atoms with van der Waals surface area (Å²) in [5.41, 5.74) is 2.09. The number of fused-ring (bicyclic) bond motifs is 3. The lowest BCUT2D eigenvalue weighted by Gasteiger charge is -2.19. The molecule has 0 saturated carbocycles. The highest BCUT2D eigenvalue weighted by atomic mass is 16.3. The number of rotatable bonds is 1. The SMILES string of the molecule is [2H]C([2H])([2H])c1ccc(N2C=c3c(oc4ccccc34)=CB2C)[n+](C)c1. The zero-order valence-corrected chi connectivity index (χ0v) is 12.6. The van der Waals surface area contributed by atoms with Crippen LogP contribution >= 0.6 is 0 Å². The number of hydrogen-bond acceptors (Lipinski definition) is 2. The zero-order chi connectivity index (χ0) is 17.8. The molecule has 3 aromatic rings. The van der Waals surface area contributed by atoms with E-state index in [9.17, 15) is 0 Å². The smallest absolute Gasteiger partial charge is 0.405 e. The van der Waals surface area contributed by atoms with E-state index >= 15 is 0 Å². The lowest BCUT2D eigenvalue weighted by molar-refractivity contribution is -0.658. The van der Waals surface area contributed by atoms with Gasteiger partial charge >= 0.3 is 6.85 Å². The van der Waals surface area contributed by atoms with E-state index in [1.54, 1.807) is 12.3 Å². The van der Waals surface area contributed by atoms with E-state index in [0.717, 1.165) is 27.4 Å². The van der Waals surface area contributed by atoms with Crippen LogP contribution in [0.5, 0.6) is 0 Å². The third-order valence-electron chi connectivity index (χ3n) is 4.13. The van der Waals surface area contributed by atoms with Gasteiger partial charge in [0.15, 0.2) is 0 Å². The van der Waals surface area contributed by atoms with Crippen LogP contribution in [0.4, 0.5) is 5.82 Å². The number of furan rings is 1. The Bertz CT molecular complexity index is 1090. The fourth-order valence-electron chi connectivity index (χ4n) is 3.04. The minimum atomic E-state index is -2.10. The van der Waals surface area contributed by atoms with Crippen molar-refractivity contribution in [2.24, 2.45) is 7.05 Å². The van der Waals surface area contributed by atoms with E-state index in [-0.39, 0.29) is 6.85 Å². The van der Waals surface area contributed by atoms with Crippen LogP contribution in [0.15, 0.2) is 47.0 Å². The average Bonchev–Trinajstić information content (AvgIpc) is 2.90. The Morgan fingerprint density at radius 2 is 2.09 bits per heavy atom. The largest absolute Gasteiger partial charge is 0.457 e. The molecule has 108 valence electrons. The van der Waals surface area contributed by atoms with Gasteiger partial charge in [-0.2, -0.15) is 0 Å². The average molecular weight is 292 g/mol. The predicted octanol–water partition coefficient (Wildman–Crippen LogP) is 1.76. The first-order valence-electron chi connectivity index (χ1n) is 8.84. The van der Waals surface area contributed by atoms with Gasteiger partial charge in [-0.3, -0.25) is 4.81 Å². The maximum Gasteiger partial charge on any atom is 0.405 e. The summed E-state index contributed by atoms with van der Waals surface area (Å²) in [5, 5.41) is 2.13. The molecule has 3 nitrogen and oxygen atoms in total. The van der Waals surface area contributed by atoms with Crippen molar-refractivity contribution >= 4 is 35.8 Å². The molecule has 0 spiro atoms. The van der Waals surface area contributed by atoms with Crippen LogP contribution in [-0.2, 0) is 7.05 Å². The number of benzene rings is 1. The van der Waals surface area contributed by atoms with Gasteiger partial charge in [-0.15, -0.1) is 0 Å². The lowest BCUT2D eigenvalue weighted by Crippen LogP contribution is -2.47. The molecule has 0 atom stereocenters. The monoisotopic (exact) mass is 292 g/mol. The van der Waals surface area contributed by atoms with E-state index < -0.39 is 6.85 Å². The van der Waals surface area contributed by atoms with Crippen LogP contribution in [0.2, 0.25) is 6.82 Å². The second-order valence-corrected chi connectivity index (χ2v) is 5.71. The third-order valence-corrected chi connectivity index (χ3v) is 4.13. The first-order valence-corrected chi connectivity index (χ1v) is 7.34. The lowest BCUT2D eigenvalue weighted by atomic mass is 9.62. The van der Waals surface area contributed by atoms with Crippen molar-refractivity contribution in [2.45, 2.75) is 13.7 Å². The highest BCUT2D eigenvalue weighted by Gasteiger charge is 2.29. The molecule has 3 heterocycles. The Hall–Kier alpha value is -2.49. The second kappa shape index (κ2) is 4.77. The van der Waals surface area contributed by atoms with Crippen LogP contribution in [0.1, 0.15) is 9.68 Å². The fraction of sp³-hybridized carbons (Fsp3) is 0.167. The molecule has 4 rings (SSSR count). The van der Waals surface area contributed by atoms with Gasteiger partial charge in [0, 0.05) is 15.6 Å². The standard InChI is InChI=1S/C18H18BN2O/c1-13-8-9-18(20(3)11-13)21-12-15-14-6-4-5-7-16(14)22-17(15)10-19(21)2/h4-12H,1-3H3/q+1/i1D3. The first-order chi connectivity index (χ1) is 11.8. The predicted molar refractivity (Wildman–Crippen MR) is 90.8 cm³/mol. The Kier molecular flexibility index (Phi) is 2.23. The molecule has 1 aliphatic heterocycles. The molecule has 2 aromatic heterocycles. The van der Waals surface area contributed by atoms with Gasteiger partial charge in [-0.05, 0) is 37.3 Å². The molecule has 0 saturated heterocycles. The van der Waals surface area contributed by atoms with Gasteiger partial charge in [0.1, 0.15) is 11.0 Å². The Labute approximate surface area is 134 Å². The first kappa shape index (κ1) is 10.3. The maximum absolute atomic E-state index is 7.57. The van der Waals surface area contributed by atoms with E-state index in [1.165, 1.54) is 0 Å². The van der Waals surface area contributed by atoms with Crippen molar-refractivity contribution in [3.63, 3.8) is 0 Å². The highest BCUT2D eigenvalue weighted by Crippen LogP contribution is 2.15. The van der Waals surface area contributed by atoms with E-state index in [0.29, 0.717) is 5.56 Å². The van der Waals surface area contributed by atoms with Gasteiger partial charge < -0.3 is 4.42 Å². The van der Waals surface area contributed by atoms with Crippen LogP contribution in [0.3, 0.4) is 0 Å². The van der Waals surface area contributed by atoms with Crippen molar-refractivity contribution in [2.75, 3.05) is 4.81 Å². The summed E-state index contributed by atoms with van der Waals surface area (Å²) < 4.78 is 30.5. The number of pyridine rings is 1. The van der Waals surface area contributed by atoms with E-state index in [4.69, 9.17) is 8.53 Å². The Balaban J connectivity index is 1.87. The molecule has 0 fully saturated rings. The molecule has 0 bridgehead atoms. The van der Waals surface area contributed by atoms with Crippen molar-refractivity contribution in [3.05, 3.63) is 58.8 Å². The van der Waals surface area contributed by atoms with E-state index in [2.05, 4.69) is 23.8 Å². The quantitative estimate of drug-likeness (QED) is 0.503. The van der Waals surface area contributed by atoms with Crippen LogP contribution in [0.25, 0.3) is 23.1 Å². The molecule has 1 aliphatic rings. The van der Waals surface area contributed by atoms with Crippen molar-refractivity contribution in [1.29, 1.82) is 0 Å². The molecule has 0 amide bonds. The topological polar surface area (TPSA) is 20.3 Å². The molecule has 4 heteroatoms. The summed E-state index contributed by atoms with van der Waals surface area (Å²) in [5.74, 6) is 3.01.